The van der Waals surface area contributed by atoms with Gasteiger partial charge in [0.05, 0.1) is 30.2 Å². The first-order chi connectivity index (χ1) is 14.2. The first kappa shape index (κ1) is 21.8. The number of hydrogen-bond acceptors (Lipinski definition) is 6. The van der Waals surface area contributed by atoms with Crippen LogP contribution >= 0.6 is 23.1 Å². The lowest BCUT2D eigenvalue weighted by Gasteiger charge is -2.30. The monoisotopic (exact) mass is 429 g/mol. The van der Waals surface area contributed by atoms with Gasteiger partial charge in [0.1, 0.15) is 0 Å². The number of nitrogens with one attached hydrogen (secondary N) is 1. The van der Waals surface area contributed by atoms with Crippen molar-refractivity contribution >= 4 is 34.7 Å². The number of aliphatic hydroxyl groups is 1. The second-order valence-electron chi connectivity index (χ2n) is 7.23. The number of para-hydroxylation sites is 1. The highest BCUT2D eigenvalue weighted by Crippen LogP contribution is 2.29. The van der Waals surface area contributed by atoms with Crippen molar-refractivity contribution in [3.63, 3.8) is 0 Å². The van der Waals surface area contributed by atoms with Crippen molar-refractivity contribution in [3.8, 4) is 6.07 Å². The molecule has 3 rings (SSSR count). The van der Waals surface area contributed by atoms with E-state index >= 15 is 0 Å². The van der Waals surface area contributed by atoms with E-state index in [1.165, 1.54) is 11.8 Å². The Morgan fingerprint density at radius 1 is 1.31 bits per heavy atom. The Morgan fingerprint density at radius 2 is 2.17 bits per heavy atom. The van der Waals surface area contributed by atoms with Crippen LogP contribution in [0.25, 0.3) is 0 Å². The Morgan fingerprint density at radius 3 is 2.97 bits per heavy atom. The van der Waals surface area contributed by atoms with Crippen LogP contribution < -0.4 is 5.32 Å². The van der Waals surface area contributed by atoms with Crippen LogP contribution in [0.5, 0.6) is 0 Å². The zero-order chi connectivity index (χ0) is 20.5. The molecule has 154 valence electrons. The van der Waals surface area contributed by atoms with Crippen molar-refractivity contribution in [1.29, 1.82) is 5.26 Å². The molecule has 1 aromatic heterocycles. The number of anilines is 1. The predicted octanol–water partition coefficient (Wildman–Crippen LogP) is 4.67. The maximum atomic E-state index is 12.8. The summed E-state index contributed by atoms with van der Waals surface area (Å²) in [6, 6.07) is 13.8. The van der Waals surface area contributed by atoms with E-state index in [-0.39, 0.29) is 11.9 Å². The number of benzene rings is 1. The number of likely N-dealkylation sites (tertiary alicyclic amines) is 1. The molecule has 1 fully saturated rings. The van der Waals surface area contributed by atoms with Crippen LogP contribution in [0.2, 0.25) is 0 Å². The molecule has 0 saturated carbocycles. The molecule has 2 heterocycles. The van der Waals surface area contributed by atoms with E-state index < -0.39 is 6.10 Å². The number of carbonyl (C=O) groups is 1. The third-order valence-electron chi connectivity index (χ3n) is 5.17. The minimum atomic E-state index is -0.480. The Kier molecular flexibility index (Phi) is 8.56. The number of amides is 1. The largest absolute Gasteiger partial charge is 0.388 e. The van der Waals surface area contributed by atoms with Gasteiger partial charge in [0.2, 0.25) is 5.91 Å². The minimum absolute atomic E-state index is 0.0486. The van der Waals surface area contributed by atoms with Crippen LogP contribution in [-0.2, 0) is 4.79 Å². The normalized spacial score (nSPS) is 18.6. The van der Waals surface area contributed by atoms with Crippen molar-refractivity contribution in [3.05, 3.63) is 46.7 Å². The van der Waals surface area contributed by atoms with Crippen LogP contribution in [-0.4, -0.2) is 40.8 Å². The lowest BCUT2D eigenvalue weighted by molar-refractivity contribution is -0.118. The van der Waals surface area contributed by atoms with Crippen molar-refractivity contribution in [2.24, 2.45) is 0 Å². The van der Waals surface area contributed by atoms with Gasteiger partial charge in [-0.3, -0.25) is 9.69 Å². The van der Waals surface area contributed by atoms with Gasteiger partial charge in [0.25, 0.3) is 0 Å². The van der Waals surface area contributed by atoms with Crippen molar-refractivity contribution in [2.75, 3.05) is 24.2 Å². The Bertz CT molecular complexity index is 820. The third-order valence-corrected chi connectivity index (χ3v) is 7.08. The lowest BCUT2D eigenvalue weighted by Crippen LogP contribution is -2.41. The fourth-order valence-electron chi connectivity index (χ4n) is 3.75. The van der Waals surface area contributed by atoms with E-state index in [9.17, 15) is 9.90 Å². The van der Waals surface area contributed by atoms with E-state index in [0.717, 1.165) is 47.7 Å². The van der Waals surface area contributed by atoms with E-state index in [2.05, 4.69) is 16.3 Å². The van der Waals surface area contributed by atoms with Gasteiger partial charge in [0, 0.05) is 15.8 Å². The average molecular weight is 430 g/mol. The van der Waals surface area contributed by atoms with Crippen LogP contribution in [0.4, 0.5) is 5.69 Å². The summed E-state index contributed by atoms with van der Waals surface area (Å²) < 4.78 is 0. The molecular formula is C22H27N3O2S2. The summed E-state index contributed by atoms with van der Waals surface area (Å²) >= 11 is 3.00. The van der Waals surface area contributed by atoms with E-state index in [4.69, 9.17) is 5.26 Å². The maximum absolute atomic E-state index is 12.8. The molecule has 0 spiro atoms. The number of nitrogens with zero attached hydrogens (tertiary/aromatic N) is 2. The van der Waals surface area contributed by atoms with E-state index in [1.54, 1.807) is 11.3 Å². The Labute approximate surface area is 180 Å². The van der Waals surface area contributed by atoms with Gasteiger partial charge in [-0.25, -0.2) is 0 Å². The summed E-state index contributed by atoms with van der Waals surface area (Å²) in [5, 5.41) is 24.4. The van der Waals surface area contributed by atoms with E-state index in [1.807, 2.05) is 41.8 Å². The Balaban J connectivity index is 1.63. The second-order valence-corrected chi connectivity index (χ2v) is 9.23. The van der Waals surface area contributed by atoms with Crippen LogP contribution in [0, 0.1) is 11.3 Å². The summed E-state index contributed by atoms with van der Waals surface area (Å²) in [4.78, 5) is 16.9. The van der Waals surface area contributed by atoms with Crippen LogP contribution in [0.1, 0.15) is 43.1 Å². The number of thiophene rings is 1. The van der Waals surface area contributed by atoms with Crippen LogP contribution in [0.3, 0.4) is 0 Å². The van der Waals surface area contributed by atoms with Crippen LogP contribution in [0.15, 0.2) is 46.7 Å². The predicted molar refractivity (Wildman–Crippen MR) is 119 cm³/mol. The van der Waals surface area contributed by atoms with Gasteiger partial charge in [-0.1, -0.05) is 31.0 Å². The highest BCUT2D eigenvalue weighted by molar-refractivity contribution is 7.99. The molecule has 5 nitrogen and oxygen atoms in total. The SMILES string of the molecule is N#CCSc1ccccc1NC(=O)CN1CCCCC[C@H]1C[C@@H](O)c1cccs1. The Hall–Kier alpha value is -1.85. The van der Waals surface area contributed by atoms with Gasteiger partial charge < -0.3 is 10.4 Å². The molecule has 2 aromatic rings. The molecular weight excluding hydrogens is 402 g/mol. The fourth-order valence-corrected chi connectivity index (χ4v) is 5.14. The molecule has 0 radical (unpaired) electrons. The number of thioether (sulfide) groups is 1. The quantitative estimate of drug-likeness (QED) is 0.596. The molecule has 1 aliphatic rings. The van der Waals surface area contributed by atoms with Crippen molar-refractivity contribution < 1.29 is 9.90 Å². The summed E-state index contributed by atoms with van der Waals surface area (Å²) in [6.07, 6.45) is 4.55. The topological polar surface area (TPSA) is 76.4 Å². The molecule has 1 saturated heterocycles. The fraction of sp³-hybridized carbons (Fsp3) is 0.455. The van der Waals surface area contributed by atoms with E-state index in [0.29, 0.717) is 18.7 Å². The zero-order valence-corrected chi connectivity index (χ0v) is 18.1. The summed E-state index contributed by atoms with van der Waals surface area (Å²) in [7, 11) is 0. The molecule has 1 amide bonds. The van der Waals surface area contributed by atoms with Gasteiger partial charge in [-0.15, -0.1) is 23.1 Å². The molecule has 29 heavy (non-hydrogen) atoms. The number of carbonyl (C=O) groups excluding carboxylic acids is 1. The molecule has 2 N–H and O–H groups in total. The van der Waals surface area contributed by atoms with Crippen molar-refractivity contribution in [1.82, 2.24) is 4.90 Å². The first-order valence-electron chi connectivity index (χ1n) is 10.0. The number of nitriles is 1. The lowest BCUT2D eigenvalue weighted by atomic mass is 10.0. The summed E-state index contributed by atoms with van der Waals surface area (Å²) in [6.45, 7) is 1.19. The maximum Gasteiger partial charge on any atom is 0.238 e. The number of rotatable bonds is 8. The molecule has 0 aliphatic carbocycles. The second kappa shape index (κ2) is 11.4. The first-order valence-corrected chi connectivity index (χ1v) is 11.9. The average Bonchev–Trinajstić information content (AvgIpc) is 3.18. The van der Waals surface area contributed by atoms with Gasteiger partial charge in [-0.05, 0) is 49.4 Å². The summed E-state index contributed by atoms with van der Waals surface area (Å²) in [5.41, 5.74) is 0.753. The van der Waals surface area contributed by atoms with Crippen molar-refractivity contribution in [2.45, 2.75) is 49.1 Å². The van der Waals surface area contributed by atoms with Gasteiger partial charge in [0.15, 0.2) is 0 Å². The van der Waals surface area contributed by atoms with Gasteiger partial charge >= 0.3 is 0 Å². The van der Waals surface area contributed by atoms with Gasteiger partial charge in [-0.2, -0.15) is 5.26 Å². The molecule has 7 heteroatoms. The molecule has 2 atom stereocenters. The molecule has 0 bridgehead atoms. The molecule has 1 aliphatic heterocycles. The number of aliphatic hydroxyl groups excluding tert-OH is 1. The minimum Gasteiger partial charge on any atom is -0.388 e. The molecule has 0 unspecified atom stereocenters. The highest BCUT2D eigenvalue weighted by atomic mass is 32.2. The molecule has 1 aromatic carbocycles. The highest BCUT2D eigenvalue weighted by Gasteiger charge is 2.26. The third kappa shape index (κ3) is 6.58. The smallest absolute Gasteiger partial charge is 0.238 e. The standard InChI is InChI=1S/C22H27N3O2S2/c23-11-14-29-20-9-4-3-8-18(20)24-22(27)16-25-12-5-1-2-7-17(25)15-19(26)21-10-6-13-28-21/h3-4,6,8-10,13,17,19,26H,1-2,5,7,12,14-16H2,(H,24,27)/t17-,19+/m0/s1. The zero-order valence-electron chi connectivity index (χ0n) is 16.4. The number of hydrogen-bond donors (Lipinski definition) is 2. The summed E-state index contributed by atoms with van der Waals surface area (Å²) in [5.74, 6) is 0.300.